The van der Waals surface area contributed by atoms with E-state index in [0.717, 1.165) is 21.6 Å². The van der Waals surface area contributed by atoms with Crippen LogP contribution in [0.3, 0.4) is 0 Å². The van der Waals surface area contributed by atoms with Gasteiger partial charge in [0.2, 0.25) is 23.6 Å². The summed E-state index contributed by atoms with van der Waals surface area (Å²) < 4.78 is 20.3. The zero-order valence-electron chi connectivity index (χ0n) is 31.8. The van der Waals surface area contributed by atoms with Crippen molar-refractivity contribution in [1.29, 1.82) is 0 Å². The smallest absolute Gasteiger partial charge is 0.326 e. The van der Waals surface area contributed by atoms with Crippen LogP contribution < -0.4 is 32.7 Å². The van der Waals surface area contributed by atoms with Crippen LogP contribution >= 0.6 is 21.6 Å². The highest BCUT2D eigenvalue weighted by Gasteiger charge is 2.35. The van der Waals surface area contributed by atoms with Gasteiger partial charge in [0.25, 0.3) is 0 Å². The predicted octanol–water partition coefficient (Wildman–Crippen LogP) is -2.54. The van der Waals surface area contributed by atoms with Gasteiger partial charge in [0.15, 0.2) is 0 Å². The molecule has 0 spiro atoms. The largest absolute Gasteiger partial charge is 0.480 e. The fourth-order valence-corrected chi connectivity index (χ4v) is 7.28. The molecule has 0 aromatic rings. The molecule has 0 bridgehead atoms. The molecule has 0 saturated carbocycles. The fourth-order valence-electron chi connectivity index (χ4n) is 4.95. The van der Waals surface area contributed by atoms with Gasteiger partial charge in [-0.15, -0.1) is 0 Å². The Hall–Kier alpha value is -3.78. The van der Waals surface area contributed by atoms with E-state index in [-0.39, 0.29) is 76.5 Å². The summed E-state index contributed by atoms with van der Waals surface area (Å²) >= 11 is 0. The van der Waals surface area contributed by atoms with E-state index in [4.69, 9.17) is 40.6 Å². The third-order valence-corrected chi connectivity index (χ3v) is 10.3. The Bertz CT molecular complexity index is 1180. The van der Waals surface area contributed by atoms with E-state index in [2.05, 4.69) is 21.3 Å². The lowest BCUT2D eigenvalue weighted by Crippen LogP contribution is -2.56. The highest BCUT2D eigenvalue weighted by atomic mass is 33.1. The van der Waals surface area contributed by atoms with Crippen molar-refractivity contribution in [1.82, 2.24) is 21.3 Å². The quantitative estimate of drug-likeness (QED) is 0.0240. The Labute approximate surface area is 332 Å². The highest BCUT2D eigenvalue weighted by molar-refractivity contribution is 8.76. The topological polar surface area (TPSA) is 355 Å². The number of carboxylic acid groups (broad SMARTS) is 4. The van der Waals surface area contributed by atoms with Gasteiger partial charge in [0.1, 0.15) is 36.3 Å². The molecule has 0 heterocycles. The second-order valence-corrected chi connectivity index (χ2v) is 15.0. The van der Waals surface area contributed by atoms with Gasteiger partial charge in [-0.3, -0.25) is 28.8 Å². The van der Waals surface area contributed by atoms with E-state index >= 15 is 0 Å². The molecule has 0 aliphatic rings. The second-order valence-electron chi connectivity index (χ2n) is 12.5. The van der Waals surface area contributed by atoms with Crippen LogP contribution in [0.2, 0.25) is 0 Å². The Kier molecular flexibility index (Phi) is 27.5. The molecule has 0 rings (SSSR count). The van der Waals surface area contributed by atoms with Gasteiger partial charge in [-0.1, -0.05) is 21.6 Å². The number of carbonyl (C=O) groups is 8. The van der Waals surface area contributed by atoms with E-state index < -0.39 is 95.6 Å². The summed E-state index contributed by atoms with van der Waals surface area (Å²) in [6.07, 6.45) is -0.397. The van der Waals surface area contributed by atoms with Crippen LogP contribution in [0.15, 0.2) is 0 Å². The monoisotopic (exact) mass is 844 g/mol. The van der Waals surface area contributed by atoms with Gasteiger partial charge < -0.3 is 72.1 Å². The fraction of sp³-hybridized carbons (Fsp3) is 0.750. The van der Waals surface area contributed by atoms with Gasteiger partial charge in [-0.05, 0) is 25.7 Å². The van der Waals surface area contributed by atoms with Crippen molar-refractivity contribution in [3.63, 3.8) is 0 Å². The lowest BCUT2D eigenvalue weighted by Gasteiger charge is -2.27. The van der Waals surface area contributed by atoms with Crippen molar-refractivity contribution in [2.75, 3.05) is 66.4 Å². The molecule has 0 aliphatic heterocycles. The van der Waals surface area contributed by atoms with Crippen molar-refractivity contribution in [2.24, 2.45) is 23.3 Å². The first-order chi connectivity index (χ1) is 26.4. The molecule has 0 fully saturated rings. The lowest BCUT2D eigenvalue weighted by atomic mass is 10.0. The molecule has 322 valence electrons. The number of ether oxygens (including phenoxy) is 4. The molecule has 12 N–H and O–H groups in total. The van der Waals surface area contributed by atoms with Crippen molar-refractivity contribution in [3.05, 3.63) is 0 Å². The molecule has 0 aromatic heterocycles. The molecule has 22 nitrogen and oxygen atoms in total. The van der Waals surface area contributed by atoms with E-state index in [1.807, 2.05) is 0 Å². The van der Waals surface area contributed by atoms with Gasteiger partial charge >= 0.3 is 23.9 Å². The lowest BCUT2D eigenvalue weighted by molar-refractivity contribution is -0.145. The van der Waals surface area contributed by atoms with Crippen LogP contribution in [0, 0.1) is 11.8 Å². The summed E-state index contributed by atoms with van der Waals surface area (Å²) in [5, 5.41) is 47.6. The predicted molar refractivity (Wildman–Crippen MR) is 201 cm³/mol. The summed E-state index contributed by atoms with van der Waals surface area (Å²) in [5.74, 6) is -10.5. The summed E-state index contributed by atoms with van der Waals surface area (Å²) in [5.41, 5.74) is 11.0. The Morgan fingerprint density at radius 3 is 1.07 bits per heavy atom. The molecular formula is C32H56N6O16S2. The number of nitrogens with one attached hydrogen (secondary N) is 4. The number of carboxylic acids is 4. The number of hydrogen-bond donors (Lipinski definition) is 10. The number of nitrogens with two attached hydrogens (primary N) is 2. The SMILES string of the molecule is COCC(COC)[C@H](NC(=O)C(CSSCC(NC(=O)CCC[C@H](N)C(=O)O)C(=O)N[C@H](C(=O)O)C(COC)COC)NC(=O)CCC[C@H](N)C(=O)O)C(=O)O. The minimum Gasteiger partial charge on any atom is -0.480 e. The molecule has 0 aliphatic carbocycles. The van der Waals surface area contributed by atoms with Crippen molar-refractivity contribution < 1.29 is 77.7 Å². The summed E-state index contributed by atoms with van der Waals surface area (Å²) in [6, 6.07) is -8.14. The van der Waals surface area contributed by atoms with Gasteiger partial charge in [-0.2, -0.15) is 0 Å². The summed E-state index contributed by atoms with van der Waals surface area (Å²) in [6.45, 7) is -0.395. The van der Waals surface area contributed by atoms with E-state index in [0.29, 0.717) is 0 Å². The van der Waals surface area contributed by atoms with Crippen LogP contribution in [0.5, 0.6) is 0 Å². The molecule has 4 amide bonds. The number of aliphatic carboxylic acids is 4. The molecule has 56 heavy (non-hydrogen) atoms. The van der Waals surface area contributed by atoms with Gasteiger partial charge in [-0.25, -0.2) is 9.59 Å². The minimum atomic E-state index is -1.50. The maximum atomic E-state index is 13.5. The average Bonchev–Trinajstić information content (AvgIpc) is 3.12. The first kappa shape index (κ1) is 52.2. The molecule has 6 atom stereocenters. The van der Waals surface area contributed by atoms with E-state index in [9.17, 15) is 48.6 Å². The van der Waals surface area contributed by atoms with Crippen LogP contribution in [0.25, 0.3) is 0 Å². The van der Waals surface area contributed by atoms with Crippen molar-refractivity contribution in [3.8, 4) is 0 Å². The summed E-state index contributed by atoms with van der Waals surface area (Å²) in [4.78, 5) is 99.0. The Balaban J connectivity index is 6.15. The number of rotatable bonds is 33. The van der Waals surface area contributed by atoms with Crippen molar-refractivity contribution >= 4 is 69.1 Å². The first-order valence-electron chi connectivity index (χ1n) is 17.3. The number of methoxy groups -OCH3 is 4. The minimum absolute atomic E-state index is 0.0387. The third-order valence-electron chi connectivity index (χ3n) is 7.92. The highest BCUT2D eigenvalue weighted by Crippen LogP contribution is 2.24. The van der Waals surface area contributed by atoms with Crippen LogP contribution in [0.1, 0.15) is 38.5 Å². The maximum Gasteiger partial charge on any atom is 0.326 e. The molecule has 2 unspecified atom stereocenters. The number of carbonyl (C=O) groups excluding carboxylic acids is 4. The molecule has 0 saturated heterocycles. The van der Waals surface area contributed by atoms with Gasteiger partial charge in [0.05, 0.1) is 26.4 Å². The average molecular weight is 845 g/mol. The van der Waals surface area contributed by atoms with Crippen molar-refractivity contribution in [2.45, 2.75) is 74.8 Å². The van der Waals surface area contributed by atoms with E-state index in [1.54, 1.807) is 0 Å². The Morgan fingerprint density at radius 1 is 0.518 bits per heavy atom. The molecule has 0 radical (unpaired) electrons. The normalized spacial score (nSPS) is 14.5. The third kappa shape index (κ3) is 21.5. The van der Waals surface area contributed by atoms with Crippen LogP contribution in [0.4, 0.5) is 0 Å². The standard InChI is InChI=1S/C32H56N6O16S2/c1-51-11-17(12-52-2)25(31(47)48)37-27(41)21(35-23(39)9-5-7-19(33)29(43)44)15-55-56-16-22(36-24(40)10-6-8-20(34)30(45)46)28(42)38-26(32(49)50)18(13-53-3)14-54-4/h17-22,25-26H,5-16,33-34H2,1-4H3,(H,35,39)(H,36,40)(H,37,41)(H,38,42)(H,43,44)(H,45,46)(H,47,48)(H,49,50)/t19-,20-,21?,22?,25-,26-/m0/s1. The number of hydrogen-bond acceptors (Lipinski definition) is 16. The summed E-state index contributed by atoms with van der Waals surface area (Å²) in [7, 11) is 7.24. The van der Waals surface area contributed by atoms with E-state index in [1.165, 1.54) is 28.4 Å². The molecular weight excluding hydrogens is 789 g/mol. The first-order valence-corrected chi connectivity index (χ1v) is 19.7. The maximum absolute atomic E-state index is 13.5. The van der Waals surface area contributed by atoms with Crippen LogP contribution in [-0.4, -0.2) is 171 Å². The zero-order chi connectivity index (χ0) is 42.8. The second kappa shape index (κ2) is 29.5. The Morgan fingerprint density at radius 2 is 0.821 bits per heavy atom. The number of amides is 4. The van der Waals surface area contributed by atoms with Gasteiger partial charge in [0, 0.05) is 64.6 Å². The van der Waals surface area contributed by atoms with Crippen LogP contribution in [-0.2, 0) is 57.3 Å². The molecule has 0 aromatic carbocycles. The zero-order valence-corrected chi connectivity index (χ0v) is 33.4. The molecule has 24 heteroatoms.